The van der Waals surface area contributed by atoms with Crippen molar-refractivity contribution < 1.29 is 0 Å². The Morgan fingerprint density at radius 3 is 1.58 bits per heavy atom. The lowest BCUT2D eigenvalue weighted by atomic mass is 9.93. The van der Waals surface area contributed by atoms with Gasteiger partial charge in [0.25, 0.3) is 0 Å². The quantitative estimate of drug-likeness (QED) is 0.264. The van der Waals surface area contributed by atoms with Gasteiger partial charge in [-0.05, 0) is 45.5 Å². The zero-order chi connectivity index (χ0) is 21.8. The van der Waals surface area contributed by atoms with Gasteiger partial charge in [0, 0.05) is 16.2 Å². The van der Waals surface area contributed by atoms with Crippen LogP contribution in [0.25, 0.3) is 60.2 Å². The summed E-state index contributed by atoms with van der Waals surface area (Å²) in [4.78, 5) is 0. The van der Waals surface area contributed by atoms with E-state index in [2.05, 4.69) is 132 Å². The van der Waals surface area contributed by atoms with Gasteiger partial charge in [0.1, 0.15) is 0 Å². The Morgan fingerprint density at radius 1 is 0.333 bits per heavy atom. The molecule has 7 rings (SSSR count). The molecule has 1 heteroatoms. The first-order chi connectivity index (χ1) is 16.4. The summed E-state index contributed by atoms with van der Waals surface area (Å²) in [5.41, 5.74) is 6.24. The van der Waals surface area contributed by atoms with E-state index in [4.69, 9.17) is 0 Å². The SMILES string of the molecule is c1ccc2c(-c3ccc(-n4c5ccccc5c5ccccc54)c4ccccc34)cccc2c1. The van der Waals surface area contributed by atoms with Crippen LogP contribution in [0.5, 0.6) is 0 Å². The summed E-state index contributed by atoms with van der Waals surface area (Å²) in [7, 11) is 0. The van der Waals surface area contributed by atoms with Gasteiger partial charge in [-0.2, -0.15) is 0 Å². The average Bonchev–Trinajstić information content (AvgIpc) is 3.22. The first-order valence-electron chi connectivity index (χ1n) is 11.4. The second kappa shape index (κ2) is 7.08. The predicted molar refractivity (Wildman–Crippen MR) is 141 cm³/mol. The Morgan fingerprint density at radius 2 is 0.848 bits per heavy atom. The van der Waals surface area contributed by atoms with Gasteiger partial charge in [-0.25, -0.2) is 0 Å². The predicted octanol–water partition coefficient (Wildman–Crippen LogP) is 8.76. The third-order valence-electron chi connectivity index (χ3n) is 6.80. The van der Waals surface area contributed by atoms with Crippen molar-refractivity contribution in [1.29, 1.82) is 0 Å². The number of hydrogen-bond acceptors (Lipinski definition) is 0. The smallest absolute Gasteiger partial charge is 0.0541 e. The number of para-hydroxylation sites is 2. The molecular formula is C32H21N. The van der Waals surface area contributed by atoms with E-state index in [1.54, 1.807) is 0 Å². The molecule has 0 spiro atoms. The maximum atomic E-state index is 2.42. The molecule has 0 saturated heterocycles. The van der Waals surface area contributed by atoms with Crippen LogP contribution < -0.4 is 0 Å². The molecule has 1 nitrogen and oxygen atoms in total. The second-order valence-corrected chi connectivity index (χ2v) is 8.57. The minimum Gasteiger partial charge on any atom is -0.309 e. The molecule has 1 aromatic heterocycles. The first-order valence-corrected chi connectivity index (χ1v) is 11.4. The van der Waals surface area contributed by atoms with Crippen LogP contribution in [0.15, 0.2) is 127 Å². The minimum absolute atomic E-state index is 1.21. The molecule has 0 amide bonds. The molecule has 0 radical (unpaired) electrons. The Labute approximate surface area is 192 Å². The largest absolute Gasteiger partial charge is 0.309 e. The Kier molecular flexibility index (Phi) is 3.91. The molecule has 0 saturated carbocycles. The molecule has 0 unspecified atom stereocenters. The molecule has 0 aliphatic heterocycles. The normalized spacial score (nSPS) is 11.6. The van der Waals surface area contributed by atoms with Gasteiger partial charge in [-0.15, -0.1) is 0 Å². The van der Waals surface area contributed by atoms with Crippen LogP contribution in [0.3, 0.4) is 0 Å². The van der Waals surface area contributed by atoms with Crippen LogP contribution in [0.4, 0.5) is 0 Å². The maximum absolute atomic E-state index is 2.42. The van der Waals surface area contributed by atoms with Crippen LogP contribution in [-0.2, 0) is 0 Å². The molecular weight excluding hydrogens is 398 g/mol. The van der Waals surface area contributed by atoms with Crippen molar-refractivity contribution in [2.75, 3.05) is 0 Å². The van der Waals surface area contributed by atoms with Crippen molar-refractivity contribution >= 4 is 43.4 Å². The summed E-state index contributed by atoms with van der Waals surface area (Å²) in [5.74, 6) is 0. The van der Waals surface area contributed by atoms with Crippen LogP contribution in [0, 0.1) is 0 Å². The average molecular weight is 420 g/mol. The summed E-state index contributed by atoms with van der Waals surface area (Å²) in [6.07, 6.45) is 0. The molecule has 33 heavy (non-hydrogen) atoms. The third kappa shape index (κ3) is 2.66. The molecule has 7 aromatic rings. The van der Waals surface area contributed by atoms with Crippen molar-refractivity contribution in [2.24, 2.45) is 0 Å². The second-order valence-electron chi connectivity index (χ2n) is 8.57. The number of nitrogens with zero attached hydrogens (tertiary/aromatic N) is 1. The monoisotopic (exact) mass is 419 g/mol. The topological polar surface area (TPSA) is 4.93 Å². The summed E-state index contributed by atoms with van der Waals surface area (Å²) < 4.78 is 2.42. The molecule has 1 heterocycles. The zero-order valence-electron chi connectivity index (χ0n) is 18.1. The lowest BCUT2D eigenvalue weighted by molar-refractivity contribution is 1.20. The molecule has 0 aliphatic rings. The fraction of sp³-hybridized carbons (Fsp3) is 0. The van der Waals surface area contributed by atoms with Gasteiger partial charge in [-0.1, -0.05) is 109 Å². The van der Waals surface area contributed by atoms with E-state index in [-0.39, 0.29) is 0 Å². The number of hydrogen-bond donors (Lipinski definition) is 0. The molecule has 6 aromatic carbocycles. The molecule has 0 aliphatic carbocycles. The standard InChI is InChI=1S/C32H21N/c1-2-12-23-22(10-1)11-9-17-24(23)26-20-21-32(27-14-4-3-13-25(26)27)33-30-18-7-5-15-28(30)29-16-6-8-19-31(29)33/h1-21H. The highest BCUT2D eigenvalue weighted by Crippen LogP contribution is 2.39. The third-order valence-corrected chi connectivity index (χ3v) is 6.80. The van der Waals surface area contributed by atoms with Gasteiger partial charge in [0.15, 0.2) is 0 Å². The van der Waals surface area contributed by atoms with Crippen molar-refractivity contribution in [2.45, 2.75) is 0 Å². The van der Waals surface area contributed by atoms with Crippen molar-refractivity contribution in [3.8, 4) is 16.8 Å². The molecule has 0 bridgehead atoms. The van der Waals surface area contributed by atoms with E-state index in [0.29, 0.717) is 0 Å². The number of rotatable bonds is 2. The van der Waals surface area contributed by atoms with Gasteiger partial charge in [0.2, 0.25) is 0 Å². The highest BCUT2D eigenvalue weighted by atomic mass is 15.0. The lowest BCUT2D eigenvalue weighted by Gasteiger charge is -2.16. The van der Waals surface area contributed by atoms with Crippen LogP contribution in [-0.4, -0.2) is 4.57 Å². The van der Waals surface area contributed by atoms with Gasteiger partial charge in [-0.3, -0.25) is 0 Å². The number of aromatic nitrogens is 1. The fourth-order valence-electron chi connectivity index (χ4n) is 5.36. The summed E-state index contributed by atoms with van der Waals surface area (Å²) >= 11 is 0. The Balaban J connectivity index is 1.59. The van der Waals surface area contributed by atoms with E-state index in [1.165, 1.54) is 60.2 Å². The zero-order valence-corrected chi connectivity index (χ0v) is 18.1. The summed E-state index contributed by atoms with van der Waals surface area (Å²) in [6, 6.07) is 46.0. The fourth-order valence-corrected chi connectivity index (χ4v) is 5.36. The summed E-state index contributed by atoms with van der Waals surface area (Å²) in [6.45, 7) is 0. The van der Waals surface area contributed by atoms with E-state index >= 15 is 0 Å². The van der Waals surface area contributed by atoms with Crippen molar-refractivity contribution in [3.63, 3.8) is 0 Å². The molecule has 0 atom stereocenters. The highest BCUT2D eigenvalue weighted by Gasteiger charge is 2.15. The van der Waals surface area contributed by atoms with Gasteiger partial charge in [0.05, 0.1) is 16.7 Å². The molecule has 0 N–H and O–H groups in total. The Bertz CT molecular complexity index is 1760. The van der Waals surface area contributed by atoms with Crippen LogP contribution in [0.1, 0.15) is 0 Å². The van der Waals surface area contributed by atoms with Crippen molar-refractivity contribution in [3.05, 3.63) is 127 Å². The van der Waals surface area contributed by atoms with E-state index in [1.807, 2.05) is 0 Å². The molecule has 154 valence electrons. The number of benzene rings is 6. The van der Waals surface area contributed by atoms with E-state index in [0.717, 1.165) is 0 Å². The number of fused-ring (bicyclic) bond motifs is 5. The Hall–Kier alpha value is -4.36. The van der Waals surface area contributed by atoms with Gasteiger partial charge >= 0.3 is 0 Å². The maximum Gasteiger partial charge on any atom is 0.0541 e. The highest BCUT2D eigenvalue weighted by molar-refractivity contribution is 6.12. The van der Waals surface area contributed by atoms with Crippen molar-refractivity contribution in [1.82, 2.24) is 4.57 Å². The summed E-state index contributed by atoms with van der Waals surface area (Å²) in [5, 5.41) is 7.66. The van der Waals surface area contributed by atoms with E-state index in [9.17, 15) is 0 Å². The molecule has 0 fully saturated rings. The minimum atomic E-state index is 1.21. The van der Waals surface area contributed by atoms with E-state index < -0.39 is 0 Å². The van der Waals surface area contributed by atoms with Gasteiger partial charge < -0.3 is 4.57 Å². The lowest BCUT2D eigenvalue weighted by Crippen LogP contribution is -1.96. The van der Waals surface area contributed by atoms with Crippen LogP contribution >= 0.6 is 0 Å². The first kappa shape index (κ1) is 18.2. The van der Waals surface area contributed by atoms with Crippen LogP contribution in [0.2, 0.25) is 0 Å².